The van der Waals surface area contributed by atoms with Gasteiger partial charge in [0.1, 0.15) is 5.69 Å². The highest BCUT2D eigenvalue weighted by atomic mass is 32.1. The molecule has 3 heterocycles. The Morgan fingerprint density at radius 2 is 2.39 bits per heavy atom. The molecule has 1 N–H and O–H groups in total. The zero-order valence-electron chi connectivity index (χ0n) is 9.78. The largest absolute Gasteiger partial charge is 0.434 e. The number of ether oxygens (including phenoxy) is 1. The van der Waals surface area contributed by atoms with E-state index in [2.05, 4.69) is 10.1 Å². The fourth-order valence-corrected chi connectivity index (χ4v) is 2.44. The third-order valence-corrected chi connectivity index (χ3v) is 3.38. The smallest absolute Gasteiger partial charge is 0.244 e. The number of aryl methyl sites for hydroxylation is 1. The Morgan fingerprint density at radius 1 is 1.50 bits per heavy atom. The lowest BCUT2D eigenvalue weighted by Gasteiger charge is -2.00. The molecule has 3 aromatic heterocycles. The fourth-order valence-electron chi connectivity index (χ4n) is 1.72. The second-order valence-electron chi connectivity index (χ2n) is 3.71. The first kappa shape index (κ1) is 11.2. The van der Waals surface area contributed by atoms with E-state index in [0.717, 1.165) is 11.5 Å². The number of rotatable bonds is 4. The van der Waals surface area contributed by atoms with Gasteiger partial charge in [-0.3, -0.25) is 9.08 Å². The monoisotopic (exact) mass is 264 g/mol. The summed E-state index contributed by atoms with van der Waals surface area (Å²) in [4.78, 5) is 5.14. The van der Waals surface area contributed by atoms with Gasteiger partial charge in [0.15, 0.2) is 10.7 Å². The Morgan fingerprint density at radius 3 is 3.11 bits per heavy atom. The van der Waals surface area contributed by atoms with E-state index in [1.54, 1.807) is 17.1 Å². The lowest BCUT2D eigenvalue weighted by atomic mass is 10.5. The number of aromatic nitrogens is 4. The predicted octanol–water partition coefficient (Wildman–Crippen LogP) is 1.90. The summed E-state index contributed by atoms with van der Waals surface area (Å²) in [5.74, 6) is 1.05. The van der Waals surface area contributed by atoms with E-state index in [1.165, 1.54) is 11.3 Å². The van der Waals surface area contributed by atoms with Crippen molar-refractivity contribution in [2.24, 2.45) is 0 Å². The number of hydrogen-bond acceptors (Lipinski definition) is 5. The molecule has 7 heteroatoms. The van der Waals surface area contributed by atoms with Crippen molar-refractivity contribution in [1.82, 2.24) is 19.2 Å². The van der Waals surface area contributed by atoms with Crippen LogP contribution in [0.4, 0.5) is 0 Å². The van der Waals surface area contributed by atoms with Gasteiger partial charge in [0.25, 0.3) is 0 Å². The average molecular weight is 264 g/mol. The second kappa shape index (κ2) is 4.43. The molecule has 0 amide bonds. The van der Waals surface area contributed by atoms with E-state index in [1.807, 2.05) is 22.9 Å². The van der Waals surface area contributed by atoms with Gasteiger partial charge in [-0.1, -0.05) is 0 Å². The zero-order valence-corrected chi connectivity index (χ0v) is 10.6. The van der Waals surface area contributed by atoms with E-state index < -0.39 is 0 Å². The van der Waals surface area contributed by atoms with Crippen LogP contribution >= 0.6 is 11.3 Å². The normalized spacial score (nSPS) is 11.2. The van der Waals surface area contributed by atoms with Crippen molar-refractivity contribution in [3.63, 3.8) is 0 Å². The van der Waals surface area contributed by atoms with Crippen LogP contribution < -0.4 is 4.74 Å². The van der Waals surface area contributed by atoms with E-state index in [4.69, 9.17) is 4.74 Å². The maximum atomic E-state index is 9.40. The minimum absolute atomic E-state index is 0.116. The van der Waals surface area contributed by atoms with Crippen LogP contribution in [0.25, 0.3) is 4.96 Å². The number of hydrogen-bond donors (Lipinski definition) is 1. The summed E-state index contributed by atoms with van der Waals surface area (Å²) in [6.07, 6.45) is 5.30. The van der Waals surface area contributed by atoms with Crippen molar-refractivity contribution in [2.45, 2.75) is 20.1 Å². The molecule has 3 aromatic rings. The molecule has 0 fully saturated rings. The molecule has 0 aromatic carbocycles. The quantitative estimate of drug-likeness (QED) is 0.781. The zero-order chi connectivity index (χ0) is 12.5. The standard InChI is InChI=1S/C11H12N4O2S/c1-2-14-6-8(5-12-14)17-10-9(7-16)15-3-4-18-11(15)13-10/h3-6,16H,2,7H2,1H3. The molecular formula is C11H12N4O2S. The van der Waals surface area contributed by atoms with Crippen LogP contribution in [-0.2, 0) is 13.2 Å². The van der Waals surface area contributed by atoms with Crippen LogP contribution in [0.15, 0.2) is 24.0 Å². The van der Waals surface area contributed by atoms with Crippen LogP contribution in [0.5, 0.6) is 11.6 Å². The van der Waals surface area contributed by atoms with Crippen molar-refractivity contribution in [3.05, 3.63) is 29.7 Å². The van der Waals surface area contributed by atoms with Gasteiger partial charge in [0, 0.05) is 18.1 Å². The minimum atomic E-state index is -0.116. The molecule has 94 valence electrons. The topological polar surface area (TPSA) is 64.6 Å². The van der Waals surface area contributed by atoms with Gasteiger partial charge in [-0.2, -0.15) is 10.1 Å². The number of fused-ring (bicyclic) bond motifs is 1. The summed E-state index contributed by atoms with van der Waals surface area (Å²) < 4.78 is 9.25. The van der Waals surface area contributed by atoms with Crippen molar-refractivity contribution in [1.29, 1.82) is 0 Å². The van der Waals surface area contributed by atoms with Crippen molar-refractivity contribution < 1.29 is 9.84 Å². The Hall–Kier alpha value is -1.86. The van der Waals surface area contributed by atoms with Crippen LogP contribution in [0.3, 0.4) is 0 Å². The molecule has 0 saturated carbocycles. The molecule has 0 aliphatic carbocycles. The fraction of sp³-hybridized carbons (Fsp3) is 0.273. The lowest BCUT2D eigenvalue weighted by molar-refractivity contribution is 0.270. The molecule has 0 aliphatic heterocycles. The Balaban J connectivity index is 1.96. The van der Waals surface area contributed by atoms with Crippen molar-refractivity contribution in [3.8, 4) is 11.6 Å². The van der Waals surface area contributed by atoms with E-state index in [0.29, 0.717) is 17.3 Å². The molecule has 6 nitrogen and oxygen atoms in total. The van der Waals surface area contributed by atoms with Crippen LogP contribution in [0.2, 0.25) is 0 Å². The Kier molecular flexibility index (Phi) is 2.77. The summed E-state index contributed by atoms with van der Waals surface area (Å²) >= 11 is 1.50. The van der Waals surface area contributed by atoms with E-state index >= 15 is 0 Å². The third kappa shape index (κ3) is 1.77. The molecular weight excluding hydrogens is 252 g/mol. The second-order valence-corrected chi connectivity index (χ2v) is 4.58. The molecule has 0 unspecified atom stereocenters. The number of thiazole rings is 1. The van der Waals surface area contributed by atoms with Crippen LogP contribution in [0, 0.1) is 0 Å². The first-order chi connectivity index (χ1) is 8.81. The third-order valence-electron chi connectivity index (χ3n) is 2.62. The first-order valence-corrected chi connectivity index (χ1v) is 6.45. The predicted molar refractivity (Wildman–Crippen MR) is 67.0 cm³/mol. The molecule has 0 bridgehead atoms. The van der Waals surface area contributed by atoms with Crippen LogP contribution in [-0.4, -0.2) is 24.3 Å². The number of aliphatic hydroxyl groups is 1. The average Bonchev–Trinajstić information content (AvgIpc) is 3.04. The van der Waals surface area contributed by atoms with Crippen molar-refractivity contribution >= 4 is 16.3 Å². The van der Waals surface area contributed by atoms with Gasteiger partial charge in [0.05, 0.1) is 19.0 Å². The summed E-state index contributed by atoms with van der Waals surface area (Å²) in [6.45, 7) is 2.67. The van der Waals surface area contributed by atoms with Crippen molar-refractivity contribution in [2.75, 3.05) is 0 Å². The first-order valence-electron chi connectivity index (χ1n) is 5.57. The summed E-state index contributed by atoms with van der Waals surface area (Å²) in [6, 6.07) is 0. The molecule has 0 radical (unpaired) electrons. The maximum absolute atomic E-state index is 9.40. The van der Waals surface area contributed by atoms with Crippen LogP contribution in [0.1, 0.15) is 12.6 Å². The Labute approximate surface area is 107 Å². The summed E-state index contributed by atoms with van der Waals surface area (Å²) in [5, 5.41) is 15.4. The number of aliphatic hydroxyl groups excluding tert-OH is 1. The van der Waals surface area contributed by atoms with Gasteiger partial charge in [0.2, 0.25) is 5.88 Å². The van der Waals surface area contributed by atoms with Gasteiger partial charge in [-0.25, -0.2) is 0 Å². The summed E-state index contributed by atoms with van der Waals surface area (Å²) in [7, 11) is 0. The molecule has 0 saturated heterocycles. The van der Waals surface area contributed by atoms with E-state index in [9.17, 15) is 5.11 Å². The van der Waals surface area contributed by atoms with E-state index in [-0.39, 0.29) is 6.61 Å². The highest BCUT2D eigenvalue weighted by molar-refractivity contribution is 7.15. The maximum Gasteiger partial charge on any atom is 0.244 e. The lowest BCUT2D eigenvalue weighted by Crippen LogP contribution is -1.93. The molecule has 0 spiro atoms. The molecule has 0 aliphatic rings. The van der Waals surface area contributed by atoms with Gasteiger partial charge >= 0.3 is 0 Å². The summed E-state index contributed by atoms with van der Waals surface area (Å²) in [5.41, 5.74) is 0.649. The van der Waals surface area contributed by atoms with Gasteiger partial charge < -0.3 is 9.84 Å². The van der Waals surface area contributed by atoms with Gasteiger partial charge in [-0.15, -0.1) is 11.3 Å². The Bertz CT molecular complexity index is 669. The molecule has 3 rings (SSSR count). The SMILES string of the molecule is CCn1cc(Oc2nc3sccn3c2CO)cn1. The highest BCUT2D eigenvalue weighted by Crippen LogP contribution is 2.27. The number of nitrogens with zero attached hydrogens (tertiary/aromatic N) is 4. The van der Waals surface area contributed by atoms with Gasteiger partial charge in [-0.05, 0) is 6.92 Å². The highest BCUT2D eigenvalue weighted by Gasteiger charge is 2.14. The minimum Gasteiger partial charge on any atom is -0.434 e. The molecule has 0 atom stereocenters. The number of imidazole rings is 1. The molecule has 18 heavy (non-hydrogen) atoms.